The predicted octanol–water partition coefficient (Wildman–Crippen LogP) is 2.30. The van der Waals surface area contributed by atoms with Crippen molar-refractivity contribution >= 4 is 17.2 Å². The van der Waals surface area contributed by atoms with E-state index in [1.807, 2.05) is 30.0 Å². The first kappa shape index (κ1) is 13.5. The van der Waals surface area contributed by atoms with E-state index >= 15 is 0 Å². The minimum Gasteiger partial charge on any atom is -0.495 e. The van der Waals surface area contributed by atoms with Crippen LogP contribution in [0.15, 0.2) is 24.3 Å². The standard InChI is InChI=1S/C15H20N2O2/c1-3-15(18)17-8-6-11(7-9-17)12-4-5-13(16)14(10-12)19-2/h4-6,10H,3,7-9,16H2,1-2H3. The van der Waals surface area contributed by atoms with Gasteiger partial charge in [-0.05, 0) is 29.7 Å². The number of hydrogen-bond donors (Lipinski definition) is 1. The molecule has 0 unspecified atom stereocenters. The largest absolute Gasteiger partial charge is 0.495 e. The first-order chi connectivity index (χ1) is 9.15. The Labute approximate surface area is 113 Å². The minimum absolute atomic E-state index is 0.213. The zero-order valence-corrected chi connectivity index (χ0v) is 11.5. The molecule has 0 bridgehead atoms. The molecule has 0 atom stereocenters. The summed E-state index contributed by atoms with van der Waals surface area (Å²) in [4.78, 5) is 13.5. The van der Waals surface area contributed by atoms with Gasteiger partial charge in [-0.25, -0.2) is 0 Å². The highest BCUT2D eigenvalue weighted by Crippen LogP contribution is 2.29. The molecule has 0 aliphatic carbocycles. The second-order valence-corrected chi connectivity index (χ2v) is 4.63. The van der Waals surface area contributed by atoms with Gasteiger partial charge in [-0.2, -0.15) is 0 Å². The molecular weight excluding hydrogens is 240 g/mol. The van der Waals surface area contributed by atoms with Gasteiger partial charge in [0, 0.05) is 19.5 Å². The van der Waals surface area contributed by atoms with Gasteiger partial charge in [0.25, 0.3) is 0 Å². The van der Waals surface area contributed by atoms with E-state index in [4.69, 9.17) is 10.5 Å². The van der Waals surface area contributed by atoms with Crippen LogP contribution >= 0.6 is 0 Å². The van der Waals surface area contributed by atoms with E-state index in [-0.39, 0.29) is 5.91 Å². The molecule has 0 aromatic heterocycles. The third-order valence-corrected chi connectivity index (χ3v) is 3.47. The van der Waals surface area contributed by atoms with E-state index in [0.29, 0.717) is 24.4 Å². The molecule has 1 amide bonds. The Balaban J connectivity index is 2.16. The molecule has 0 saturated heterocycles. The fourth-order valence-corrected chi connectivity index (χ4v) is 2.29. The van der Waals surface area contributed by atoms with Gasteiger partial charge >= 0.3 is 0 Å². The number of carbonyl (C=O) groups is 1. The number of carbonyl (C=O) groups excluding carboxylic acids is 1. The molecular formula is C15H20N2O2. The second kappa shape index (κ2) is 5.78. The first-order valence-corrected chi connectivity index (χ1v) is 6.56. The number of methoxy groups -OCH3 is 1. The highest BCUT2D eigenvalue weighted by atomic mass is 16.5. The number of benzene rings is 1. The Morgan fingerprint density at radius 1 is 1.47 bits per heavy atom. The monoisotopic (exact) mass is 260 g/mol. The van der Waals surface area contributed by atoms with Crippen molar-refractivity contribution < 1.29 is 9.53 Å². The number of nitrogen functional groups attached to an aromatic ring is 1. The molecule has 2 rings (SSSR count). The van der Waals surface area contributed by atoms with Crippen LogP contribution in [-0.2, 0) is 4.79 Å². The van der Waals surface area contributed by atoms with Gasteiger partial charge in [0.1, 0.15) is 5.75 Å². The van der Waals surface area contributed by atoms with Crippen molar-refractivity contribution in [1.29, 1.82) is 0 Å². The molecule has 4 nitrogen and oxygen atoms in total. The zero-order valence-electron chi connectivity index (χ0n) is 11.5. The fraction of sp³-hybridized carbons (Fsp3) is 0.400. The maximum atomic E-state index is 11.6. The average molecular weight is 260 g/mol. The van der Waals surface area contributed by atoms with Crippen molar-refractivity contribution in [3.63, 3.8) is 0 Å². The van der Waals surface area contributed by atoms with Gasteiger partial charge in [-0.15, -0.1) is 0 Å². The predicted molar refractivity (Wildman–Crippen MR) is 76.9 cm³/mol. The second-order valence-electron chi connectivity index (χ2n) is 4.63. The van der Waals surface area contributed by atoms with E-state index in [2.05, 4.69) is 6.08 Å². The number of amides is 1. The van der Waals surface area contributed by atoms with Crippen molar-refractivity contribution in [1.82, 2.24) is 4.90 Å². The number of rotatable bonds is 3. The lowest BCUT2D eigenvalue weighted by atomic mass is 9.98. The summed E-state index contributed by atoms with van der Waals surface area (Å²) in [5.74, 6) is 0.913. The van der Waals surface area contributed by atoms with Gasteiger partial charge in [0.05, 0.1) is 12.8 Å². The van der Waals surface area contributed by atoms with E-state index in [9.17, 15) is 4.79 Å². The molecule has 0 radical (unpaired) electrons. The van der Waals surface area contributed by atoms with Crippen LogP contribution in [0.2, 0.25) is 0 Å². The molecule has 0 saturated carbocycles. The minimum atomic E-state index is 0.213. The molecule has 1 heterocycles. The number of hydrogen-bond acceptors (Lipinski definition) is 3. The Kier molecular flexibility index (Phi) is 4.10. The van der Waals surface area contributed by atoms with Crippen LogP contribution in [0.3, 0.4) is 0 Å². The summed E-state index contributed by atoms with van der Waals surface area (Å²) in [6.07, 6.45) is 3.56. The van der Waals surface area contributed by atoms with Gasteiger partial charge < -0.3 is 15.4 Å². The summed E-state index contributed by atoms with van der Waals surface area (Å²) in [7, 11) is 1.62. The summed E-state index contributed by atoms with van der Waals surface area (Å²) in [6.45, 7) is 3.37. The van der Waals surface area contributed by atoms with E-state index in [0.717, 1.165) is 18.5 Å². The van der Waals surface area contributed by atoms with Crippen LogP contribution in [0.5, 0.6) is 5.75 Å². The maximum absolute atomic E-state index is 11.6. The van der Waals surface area contributed by atoms with Crippen molar-refractivity contribution in [3.8, 4) is 5.75 Å². The van der Waals surface area contributed by atoms with Crippen LogP contribution in [-0.4, -0.2) is 31.0 Å². The Hall–Kier alpha value is -1.97. The molecule has 0 fully saturated rings. The third-order valence-electron chi connectivity index (χ3n) is 3.47. The SMILES string of the molecule is CCC(=O)N1CC=C(c2ccc(N)c(OC)c2)CC1. The van der Waals surface area contributed by atoms with Crippen LogP contribution < -0.4 is 10.5 Å². The highest BCUT2D eigenvalue weighted by Gasteiger charge is 2.16. The maximum Gasteiger partial charge on any atom is 0.222 e. The summed E-state index contributed by atoms with van der Waals surface area (Å²) >= 11 is 0. The Morgan fingerprint density at radius 2 is 2.26 bits per heavy atom. The molecule has 0 spiro atoms. The Bertz CT molecular complexity index is 509. The topological polar surface area (TPSA) is 55.6 Å². The highest BCUT2D eigenvalue weighted by molar-refractivity contribution is 5.78. The van der Waals surface area contributed by atoms with E-state index < -0.39 is 0 Å². The molecule has 4 heteroatoms. The molecule has 1 aromatic carbocycles. The van der Waals surface area contributed by atoms with Crippen LogP contribution in [0.25, 0.3) is 5.57 Å². The van der Waals surface area contributed by atoms with Gasteiger partial charge in [-0.3, -0.25) is 4.79 Å². The normalized spacial score (nSPS) is 15.1. The molecule has 1 aliphatic rings. The summed E-state index contributed by atoms with van der Waals surface area (Å²) < 4.78 is 5.24. The van der Waals surface area contributed by atoms with Crippen LogP contribution in [0, 0.1) is 0 Å². The van der Waals surface area contributed by atoms with Gasteiger partial charge in [0.2, 0.25) is 5.91 Å². The van der Waals surface area contributed by atoms with Crippen molar-refractivity contribution in [2.24, 2.45) is 0 Å². The molecule has 1 aromatic rings. The van der Waals surface area contributed by atoms with Crippen LogP contribution in [0.1, 0.15) is 25.3 Å². The summed E-state index contributed by atoms with van der Waals surface area (Å²) in [6, 6.07) is 5.82. The van der Waals surface area contributed by atoms with E-state index in [1.54, 1.807) is 7.11 Å². The van der Waals surface area contributed by atoms with Gasteiger partial charge in [-0.1, -0.05) is 19.1 Å². The first-order valence-electron chi connectivity index (χ1n) is 6.56. The number of anilines is 1. The molecule has 19 heavy (non-hydrogen) atoms. The number of ether oxygens (including phenoxy) is 1. The van der Waals surface area contributed by atoms with Crippen molar-refractivity contribution in [3.05, 3.63) is 29.8 Å². The van der Waals surface area contributed by atoms with E-state index in [1.165, 1.54) is 5.57 Å². The van der Waals surface area contributed by atoms with Crippen molar-refractivity contribution in [2.45, 2.75) is 19.8 Å². The zero-order chi connectivity index (χ0) is 13.8. The average Bonchev–Trinajstić information content (AvgIpc) is 2.47. The lowest BCUT2D eigenvalue weighted by Gasteiger charge is -2.26. The Morgan fingerprint density at radius 3 is 2.84 bits per heavy atom. The van der Waals surface area contributed by atoms with Gasteiger partial charge in [0.15, 0.2) is 0 Å². The van der Waals surface area contributed by atoms with Crippen molar-refractivity contribution in [2.75, 3.05) is 25.9 Å². The molecule has 1 aliphatic heterocycles. The number of nitrogens with two attached hydrogens (primary N) is 1. The van der Waals surface area contributed by atoms with Crippen LogP contribution in [0.4, 0.5) is 5.69 Å². The third kappa shape index (κ3) is 2.89. The molecule has 2 N–H and O–H groups in total. The fourth-order valence-electron chi connectivity index (χ4n) is 2.29. The lowest BCUT2D eigenvalue weighted by Crippen LogP contribution is -2.34. The summed E-state index contributed by atoms with van der Waals surface area (Å²) in [5.41, 5.74) is 8.82. The smallest absolute Gasteiger partial charge is 0.222 e. The number of nitrogens with zero attached hydrogens (tertiary/aromatic N) is 1. The quantitative estimate of drug-likeness (QED) is 0.848. The molecule has 102 valence electrons. The lowest BCUT2D eigenvalue weighted by molar-refractivity contribution is -0.130. The summed E-state index contributed by atoms with van der Waals surface area (Å²) in [5, 5.41) is 0.